The highest BCUT2D eigenvalue weighted by Crippen LogP contribution is 2.43. The van der Waals surface area contributed by atoms with Crippen LogP contribution in [-0.2, 0) is 16.9 Å². The smallest absolute Gasteiger partial charge is 0.129 e. The average molecular weight is 207 g/mol. The molecule has 0 unspecified atom stereocenters. The monoisotopic (exact) mass is 207 g/mol. The standard InChI is InChI=1S/C12H14FNO/c13-10-3-1-2-9-8-15-12(11(9)10)4-6-14-7-5-12/h1-3,14H,4-8H2. The molecule has 0 radical (unpaired) electrons. The highest BCUT2D eigenvalue weighted by atomic mass is 19.1. The van der Waals surface area contributed by atoms with Gasteiger partial charge in [-0.2, -0.15) is 0 Å². The van der Waals surface area contributed by atoms with Crippen molar-refractivity contribution >= 4 is 0 Å². The molecule has 1 fully saturated rings. The SMILES string of the molecule is Fc1cccc2c1C1(CCNCC1)OC2. The molecule has 0 saturated carbocycles. The van der Waals surface area contributed by atoms with Crippen LogP contribution in [0.4, 0.5) is 4.39 Å². The second-order valence-electron chi connectivity index (χ2n) is 4.31. The molecule has 3 rings (SSSR count). The molecule has 1 aromatic rings. The Kier molecular flexibility index (Phi) is 2.04. The summed E-state index contributed by atoms with van der Waals surface area (Å²) in [6, 6.07) is 5.27. The minimum atomic E-state index is -0.341. The number of hydrogen-bond donors (Lipinski definition) is 1. The van der Waals surface area contributed by atoms with Gasteiger partial charge in [0.15, 0.2) is 0 Å². The van der Waals surface area contributed by atoms with Gasteiger partial charge in [-0.15, -0.1) is 0 Å². The molecular formula is C12H14FNO. The van der Waals surface area contributed by atoms with Gasteiger partial charge in [-0.1, -0.05) is 12.1 Å². The Labute approximate surface area is 88.4 Å². The Morgan fingerprint density at radius 3 is 2.87 bits per heavy atom. The number of nitrogens with one attached hydrogen (secondary N) is 1. The van der Waals surface area contributed by atoms with E-state index >= 15 is 0 Å². The van der Waals surface area contributed by atoms with Crippen molar-refractivity contribution in [1.82, 2.24) is 5.32 Å². The first-order chi connectivity index (χ1) is 7.32. The van der Waals surface area contributed by atoms with Gasteiger partial charge in [0.25, 0.3) is 0 Å². The van der Waals surface area contributed by atoms with Crippen LogP contribution in [0.15, 0.2) is 18.2 Å². The summed E-state index contributed by atoms with van der Waals surface area (Å²) in [6.45, 7) is 2.38. The van der Waals surface area contributed by atoms with Crippen molar-refractivity contribution in [3.63, 3.8) is 0 Å². The summed E-state index contributed by atoms with van der Waals surface area (Å²) < 4.78 is 19.7. The maximum absolute atomic E-state index is 13.8. The largest absolute Gasteiger partial charge is 0.365 e. The number of piperidine rings is 1. The van der Waals surface area contributed by atoms with E-state index in [9.17, 15) is 4.39 Å². The fourth-order valence-corrected chi connectivity index (χ4v) is 2.71. The maximum Gasteiger partial charge on any atom is 0.129 e. The van der Waals surface area contributed by atoms with E-state index in [0.29, 0.717) is 6.61 Å². The minimum absolute atomic E-state index is 0.105. The number of rotatable bonds is 0. The van der Waals surface area contributed by atoms with E-state index in [1.165, 1.54) is 6.07 Å². The first-order valence-corrected chi connectivity index (χ1v) is 5.44. The van der Waals surface area contributed by atoms with Gasteiger partial charge in [0.1, 0.15) is 5.82 Å². The van der Waals surface area contributed by atoms with Crippen molar-refractivity contribution in [2.75, 3.05) is 13.1 Å². The molecule has 2 aliphatic heterocycles. The van der Waals surface area contributed by atoms with Crippen LogP contribution < -0.4 is 5.32 Å². The van der Waals surface area contributed by atoms with E-state index in [0.717, 1.165) is 37.1 Å². The fourth-order valence-electron chi connectivity index (χ4n) is 2.71. The summed E-state index contributed by atoms with van der Waals surface area (Å²) in [5.74, 6) is -0.105. The zero-order valence-electron chi connectivity index (χ0n) is 8.55. The van der Waals surface area contributed by atoms with Crippen molar-refractivity contribution in [3.05, 3.63) is 35.1 Å². The van der Waals surface area contributed by atoms with Crippen molar-refractivity contribution in [3.8, 4) is 0 Å². The lowest BCUT2D eigenvalue weighted by molar-refractivity contribution is -0.0605. The molecule has 0 aromatic heterocycles. The van der Waals surface area contributed by atoms with Crippen LogP contribution in [0.3, 0.4) is 0 Å². The summed E-state index contributed by atoms with van der Waals surface area (Å²) in [6.07, 6.45) is 1.75. The minimum Gasteiger partial charge on any atom is -0.365 e. The van der Waals surface area contributed by atoms with Gasteiger partial charge < -0.3 is 10.1 Å². The molecule has 1 saturated heterocycles. The quantitative estimate of drug-likeness (QED) is 0.702. The summed E-state index contributed by atoms with van der Waals surface area (Å²) in [7, 11) is 0. The first-order valence-electron chi connectivity index (χ1n) is 5.44. The lowest BCUT2D eigenvalue weighted by Gasteiger charge is -2.34. The normalized spacial score (nSPS) is 23.0. The van der Waals surface area contributed by atoms with E-state index in [2.05, 4.69) is 5.32 Å². The van der Waals surface area contributed by atoms with Crippen LogP contribution >= 0.6 is 0 Å². The van der Waals surface area contributed by atoms with Crippen LogP contribution in [0.1, 0.15) is 24.0 Å². The first kappa shape index (κ1) is 9.31. The zero-order chi connectivity index (χ0) is 10.3. The lowest BCUT2D eigenvalue weighted by atomic mass is 9.84. The number of halogens is 1. The Hall–Kier alpha value is -0.930. The molecule has 2 aliphatic rings. The van der Waals surface area contributed by atoms with Crippen molar-refractivity contribution in [2.24, 2.45) is 0 Å². The second-order valence-corrected chi connectivity index (χ2v) is 4.31. The molecule has 1 N–H and O–H groups in total. The fraction of sp³-hybridized carbons (Fsp3) is 0.500. The predicted octanol–water partition coefficient (Wildman–Crippen LogP) is 1.93. The number of hydrogen-bond acceptors (Lipinski definition) is 2. The summed E-state index contributed by atoms with van der Waals surface area (Å²) in [5.41, 5.74) is 1.50. The topological polar surface area (TPSA) is 21.3 Å². The third-order valence-corrected chi connectivity index (χ3v) is 3.47. The highest BCUT2D eigenvalue weighted by Gasteiger charge is 2.42. The van der Waals surface area contributed by atoms with Gasteiger partial charge in [0.05, 0.1) is 12.2 Å². The Morgan fingerprint density at radius 2 is 2.07 bits per heavy atom. The van der Waals surface area contributed by atoms with E-state index in [1.54, 1.807) is 6.07 Å². The van der Waals surface area contributed by atoms with Crippen molar-refractivity contribution in [2.45, 2.75) is 25.0 Å². The van der Waals surface area contributed by atoms with E-state index < -0.39 is 0 Å². The van der Waals surface area contributed by atoms with Crippen LogP contribution in [0.2, 0.25) is 0 Å². The van der Waals surface area contributed by atoms with Crippen LogP contribution in [0.25, 0.3) is 0 Å². The second kappa shape index (κ2) is 3.29. The number of fused-ring (bicyclic) bond motifs is 2. The van der Waals surface area contributed by atoms with Gasteiger partial charge >= 0.3 is 0 Å². The number of ether oxygens (including phenoxy) is 1. The molecule has 15 heavy (non-hydrogen) atoms. The summed E-state index contributed by atoms with van der Waals surface area (Å²) in [5, 5.41) is 3.28. The molecule has 3 heteroatoms. The average Bonchev–Trinajstić information content (AvgIpc) is 2.60. The van der Waals surface area contributed by atoms with E-state index in [-0.39, 0.29) is 11.4 Å². The summed E-state index contributed by atoms with van der Waals surface area (Å²) >= 11 is 0. The zero-order valence-corrected chi connectivity index (χ0v) is 8.55. The van der Waals surface area contributed by atoms with Gasteiger partial charge in [-0.3, -0.25) is 0 Å². The van der Waals surface area contributed by atoms with Gasteiger partial charge in [0, 0.05) is 5.56 Å². The third kappa shape index (κ3) is 1.30. The van der Waals surface area contributed by atoms with E-state index in [1.807, 2.05) is 6.07 Å². The van der Waals surface area contributed by atoms with Crippen LogP contribution in [0.5, 0.6) is 0 Å². The summed E-state index contributed by atoms with van der Waals surface area (Å²) in [4.78, 5) is 0. The molecule has 1 spiro atoms. The molecular weight excluding hydrogens is 193 g/mol. The molecule has 0 aliphatic carbocycles. The van der Waals surface area contributed by atoms with Gasteiger partial charge in [-0.05, 0) is 37.6 Å². The molecule has 1 aromatic carbocycles. The highest BCUT2D eigenvalue weighted by molar-refractivity contribution is 5.37. The Balaban J connectivity index is 2.09. The maximum atomic E-state index is 13.8. The third-order valence-electron chi connectivity index (χ3n) is 3.47. The molecule has 80 valence electrons. The molecule has 2 nitrogen and oxygen atoms in total. The van der Waals surface area contributed by atoms with Gasteiger partial charge in [-0.25, -0.2) is 4.39 Å². The Bertz CT molecular complexity index is 380. The molecule has 2 heterocycles. The van der Waals surface area contributed by atoms with Crippen molar-refractivity contribution in [1.29, 1.82) is 0 Å². The van der Waals surface area contributed by atoms with Crippen LogP contribution in [-0.4, -0.2) is 13.1 Å². The predicted molar refractivity (Wildman–Crippen MR) is 55.0 cm³/mol. The molecule has 0 atom stereocenters. The Morgan fingerprint density at radius 1 is 1.27 bits per heavy atom. The molecule has 0 amide bonds. The van der Waals surface area contributed by atoms with Crippen molar-refractivity contribution < 1.29 is 9.13 Å². The van der Waals surface area contributed by atoms with Gasteiger partial charge in [0.2, 0.25) is 0 Å². The van der Waals surface area contributed by atoms with Crippen LogP contribution in [0, 0.1) is 5.82 Å². The lowest BCUT2D eigenvalue weighted by Crippen LogP contribution is -2.40. The molecule has 0 bridgehead atoms. The van der Waals surface area contributed by atoms with E-state index in [4.69, 9.17) is 4.74 Å². The number of benzene rings is 1.